The number of ether oxygens (including phenoxy) is 1. The first kappa shape index (κ1) is 21.8. The molecule has 0 aliphatic rings. The normalized spacial score (nSPS) is 10.9. The fraction of sp³-hybridized carbons (Fsp3) is 0.500. The molecule has 0 saturated heterocycles. The van der Waals surface area contributed by atoms with Crippen molar-refractivity contribution in [3.05, 3.63) is 29.8 Å². The number of carbonyl (C=O) groups is 1. The van der Waals surface area contributed by atoms with Crippen LogP contribution in [0.4, 0.5) is 0 Å². The largest absolute Gasteiger partial charge is 0.383 e. The average Bonchev–Trinajstić information content (AvgIpc) is 2.52. The minimum absolute atomic E-state index is 0. The molecule has 7 nitrogen and oxygen atoms in total. The molecule has 0 saturated carbocycles. The second-order valence-electron chi connectivity index (χ2n) is 4.75. The van der Waals surface area contributed by atoms with Gasteiger partial charge in [-0.25, -0.2) is 13.1 Å². The van der Waals surface area contributed by atoms with Crippen LogP contribution < -0.4 is 10.0 Å². The first-order valence-corrected chi connectivity index (χ1v) is 8.39. The van der Waals surface area contributed by atoms with Crippen LogP contribution in [0.2, 0.25) is 0 Å². The van der Waals surface area contributed by atoms with E-state index < -0.39 is 10.0 Å². The van der Waals surface area contributed by atoms with Crippen molar-refractivity contribution in [2.75, 3.05) is 47.4 Å². The van der Waals surface area contributed by atoms with Crippen LogP contribution in [0, 0.1) is 0 Å². The van der Waals surface area contributed by atoms with Crippen molar-refractivity contribution in [3.8, 4) is 0 Å². The molecule has 0 bridgehead atoms. The second kappa shape index (κ2) is 10.6. The van der Waals surface area contributed by atoms with Crippen LogP contribution in [0.25, 0.3) is 0 Å². The van der Waals surface area contributed by atoms with Crippen molar-refractivity contribution >= 4 is 28.3 Å². The van der Waals surface area contributed by atoms with E-state index in [1.165, 1.54) is 19.2 Å². The summed E-state index contributed by atoms with van der Waals surface area (Å²) in [5, 5.41) is 2.96. The van der Waals surface area contributed by atoms with Gasteiger partial charge in [-0.3, -0.25) is 4.79 Å². The van der Waals surface area contributed by atoms with E-state index in [4.69, 9.17) is 4.74 Å². The number of methoxy groups -OCH3 is 1. The standard InChI is InChI=1S/C14H23N3O4S.ClH/c1-15-7-9-17(2)14(18)12-5-4-6-13(11-12)22(19,20)16-8-10-21-3;/h4-6,11,15-16H,7-10H2,1-3H3;1H. The highest BCUT2D eigenvalue weighted by atomic mass is 35.5. The summed E-state index contributed by atoms with van der Waals surface area (Å²) in [6, 6.07) is 6.00. The molecule has 0 unspecified atom stereocenters. The minimum Gasteiger partial charge on any atom is -0.383 e. The lowest BCUT2D eigenvalue weighted by Crippen LogP contribution is -2.33. The van der Waals surface area contributed by atoms with E-state index >= 15 is 0 Å². The Morgan fingerprint density at radius 2 is 2.00 bits per heavy atom. The van der Waals surface area contributed by atoms with Gasteiger partial charge in [0.25, 0.3) is 5.91 Å². The quantitative estimate of drug-likeness (QED) is 0.615. The van der Waals surface area contributed by atoms with Gasteiger partial charge in [-0.2, -0.15) is 0 Å². The maximum Gasteiger partial charge on any atom is 0.253 e. The summed E-state index contributed by atoms with van der Waals surface area (Å²) in [7, 11) is 1.33. The molecule has 0 heterocycles. The Labute approximate surface area is 143 Å². The summed E-state index contributed by atoms with van der Waals surface area (Å²) >= 11 is 0. The maximum absolute atomic E-state index is 12.3. The molecule has 0 atom stereocenters. The number of nitrogens with zero attached hydrogens (tertiary/aromatic N) is 1. The fourth-order valence-electron chi connectivity index (χ4n) is 1.76. The molecule has 0 aliphatic heterocycles. The molecule has 0 fully saturated rings. The molecular weight excluding hydrogens is 342 g/mol. The van der Waals surface area contributed by atoms with Crippen LogP contribution in [-0.2, 0) is 14.8 Å². The number of nitrogens with one attached hydrogen (secondary N) is 2. The Balaban J connectivity index is 0.00000484. The van der Waals surface area contributed by atoms with E-state index in [1.807, 2.05) is 0 Å². The number of halogens is 1. The Hall–Kier alpha value is -1.19. The van der Waals surface area contributed by atoms with Crippen LogP contribution in [-0.4, -0.2) is 66.7 Å². The summed E-state index contributed by atoms with van der Waals surface area (Å²) in [6.45, 7) is 1.67. The van der Waals surface area contributed by atoms with Crippen LogP contribution in [0.5, 0.6) is 0 Å². The third-order valence-electron chi connectivity index (χ3n) is 3.03. The summed E-state index contributed by atoms with van der Waals surface area (Å²) in [5.74, 6) is -0.218. The Bertz CT molecular complexity index is 595. The lowest BCUT2D eigenvalue weighted by molar-refractivity contribution is 0.0796. The molecule has 9 heteroatoms. The third kappa shape index (κ3) is 6.84. The molecule has 0 spiro atoms. The maximum atomic E-state index is 12.3. The number of likely N-dealkylation sites (N-methyl/N-ethyl adjacent to an activating group) is 2. The highest BCUT2D eigenvalue weighted by Crippen LogP contribution is 2.12. The van der Waals surface area contributed by atoms with E-state index in [2.05, 4.69) is 10.0 Å². The molecule has 132 valence electrons. The topological polar surface area (TPSA) is 87.7 Å². The van der Waals surface area contributed by atoms with Crippen molar-refractivity contribution in [1.29, 1.82) is 0 Å². The first-order chi connectivity index (χ1) is 10.4. The summed E-state index contributed by atoms with van der Waals surface area (Å²) in [5.41, 5.74) is 0.341. The zero-order valence-electron chi connectivity index (χ0n) is 13.5. The van der Waals surface area contributed by atoms with Crippen LogP contribution in [0.15, 0.2) is 29.2 Å². The first-order valence-electron chi connectivity index (χ1n) is 6.91. The molecule has 1 amide bonds. The average molecular weight is 366 g/mol. The fourth-order valence-corrected chi connectivity index (χ4v) is 2.82. The van der Waals surface area contributed by atoms with Crippen molar-refractivity contribution in [1.82, 2.24) is 14.9 Å². The number of rotatable bonds is 9. The number of carbonyl (C=O) groups excluding carboxylic acids is 1. The number of benzene rings is 1. The summed E-state index contributed by atoms with van der Waals surface area (Å²) < 4.78 is 31.5. The molecule has 0 radical (unpaired) electrons. The van der Waals surface area contributed by atoms with Crippen molar-refractivity contribution in [3.63, 3.8) is 0 Å². The summed E-state index contributed by atoms with van der Waals surface area (Å²) in [6.07, 6.45) is 0. The van der Waals surface area contributed by atoms with Gasteiger partial charge in [-0.15, -0.1) is 12.4 Å². The molecule has 1 rings (SSSR count). The SMILES string of the molecule is CNCCN(C)C(=O)c1cccc(S(=O)(=O)NCCOC)c1.Cl. The molecule has 0 aromatic heterocycles. The number of hydrogen-bond acceptors (Lipinski definition) is 5. The Kier molecular flexibility index (Phi) is 10.0. The van der Waals surface area contributed by atoms with Gasteiger partial charge >= 0.3 is 0 Å². The van der Waals surface area contributed by atoms with Gasteiger partial charge in [0.2, 0.25) is 10.0 Å². The molecule has 1 aromatic carbocycles. The van der Waals surface area contributed by atoms with E-state index in [1.54, 1.807) is 31.1 Å². The van der Waals surface area contributed by atoms with E-state index in [9.17, 15) is 13.2 Å². The van der Waals surface area contributed by atoms with Gasteiger partial charge in [0.1, 0.15) is 0 Å². The van der Waals surface area contributed by atoms with E-state index in [-0.39, 0.29) is 36.4 Å². The zero-order chi connectivity index (χ0) is 16.6. The molecular formula is C14H24ClN3O4S. The Morgan fingerprint density at radius 1 is 1.30 bits per heavy atom. The van der Waals surface area contributed by atoms with Crippen LogP contribution in [0.3, 0.4) is 0 Å². The Morgan fingerprint density at radius 3 is 2.61 bits per heavy atom. The monoisotopic (exact) mass is 365 g/mol. The third-order valence-corrected chi connectivity index (χ3v) is 4.49. The van der Waals surface area contributed by atoms with Gasteiger partial charge in [0.15, 0.2) is 0 Å². The minimum atomic E-state index is -3.64. The molecule has 2 N–H and O–H groups in total. The highest BCUT2D eigenvalue weighted by molar-refractivity contribution is 7.89. The van der Waals surface area contributed by atoms with Crippen molar-refractivity contribution in [2.24, 2.45) is 0 Å². The zero-order valence-corrected chi connectivity index (χ0v) is 15.2. The second-order valence-corrected chi connectivity index (χ2v) is 6.52. The summed E-state index contributed by atoms with van der Waals surface area (Å²) in [4.78, 5) is 13.9. The van der Waals surface area contributed by atoms with Gasteiger partial charge in [0, 0.05) is 39.4 Å². The lowest BCUT2D eigenvalue weighted by Gasteiger charge is -2.17. The van der Waals surface area contributed by atoms with Crippen LogP contribution >= 0.6 is 12.4 Å². The predicted molar refractivity (Wildman–Crippen MR) is 91.6 cm³/mol. The van der Waals surface area contributed by atoms with Crippen LogP contribution in [0.1, 0.15) is 10.4 Å². The highest BCUT2D eigenvalue weighted by Gasteiger charge is 2.17. The van der Waals surface area contributed by atoms with Gasteiger partial charge in [-0.1, -0.05) is 6.07 Å². The number of sulfonamides is 1. The lowest BCUT2D eigenvalue weighted by atomic mass is 10.2. The van der Waals surface area contributed by atoms with Crippen molar-refractivity contribution < 1.29 is 17.9 Å². The van der Waals surface area contributed by atoms with E-state index in [0.717, 1.165) is 0 Å². The molecule has 0 aliphatic carbocycles. The van der Waals surface area contributed by atoms with Gasteiger partial charge < -0.3 is 15.0 Å². The predicted octanol–water partition coefficient (Wildman–Crippen LogP) is 0.325. The van der Waals surface area contributed by atoms with E-state index in [0.29, 0.717) is 18.7 Å². The van der Waals surface area contributed by atoms with Gasteiger partial charge in [0.05, 0.1) is 11.5 Å². The number of amides is 1. The molecule has 1 aromatic rings. The molecule has 23 heavy (non-hydrogen) atoms. The number of hydrogen-bond donors (Lipinski definition) is 2. The van der Waals surface area contributed by atoms with Crippen molar-refractivity contribution in [2.45, 2.75) is 4.90 Å². The smallest absolute Gasteiger partial charge is 0.253 e. The van der Waals surface area contributed by atoms with Gasteiger partial charge in [-0.05, 0) is 25.2 Å².